The minimum atomic E-state index is 0.254. The highest BCUT2D eigenvalue weighted by Gasteiger charge is 2.27. The molecule has 1 atom stereocenters. The number of nitrogen functional groups attached to an aromatic ring is 2. The minimum absolute atomic E-state index is 0.254. The molecular formula is C10H13N5S. The van der Waals surface area contributed by atoms with Crippen molar-refractivity contribution in [3.63, 3.8) is 0 Å². The molecule has 2 heterocycles. The summed E-state index contributed by atoms with van der Waals surface area (Å²) in [7, 11) is 0. The fourth-order valence-electron chi connectivity index (χ4n) is 2.31. The standard InChI is InChI=1S/C10H13N5S/c11-10-14-13-9(15(10)12)7-2-1-3-8-6(7)4-5-16-8/h4-5,7H,1-3,12H2,(H2,11,14). The minimum Gasteiger partial charge on any atom is -0.366 e. The van der Waals surface area contributed by atoms with Crippen molar-refractivity contribution in [3.8, 4) is 0 Å². The predicted molar refractivity (Wildman–Crippen MR) is 63.7 cm³/mol. The molecule has 0 saturated heterocycles. The van der Waals surface area contributed by atoms with Crippen LogP contribution in [0.1, 0.15) is 35.0 Å². The zero-order valence-corrected chi connectivity index (χ0v) is 9.57. The predicted octanol–water partition coefficient (Wildman–Crippen LogP) is 1.10. The average molecular weight is 235 g/mol. The summed E-state index contributed by atoms with van der Waals surface area (Å²) in [6.07, 6.45) is 3.40. The summed E-state index contributed by atoms with van der Waals surface area (Å²) in [6.45, 7) is 0. The molecule has 1 unspecified atom stereocenters. The smallest absolute Gasteiger partial charge is 0.240 e. The van der Waals surface area contributed by atoms with Crippen LogP contribution >= 0.6 is 11.3 Å². The Morgan fingerprint density at radius 3 is 3.06 bits per heavy atom. The number of rotatable bonds is 1. The Kier molecular flexibility index (Phi) is 2.10. The molecule has 3 rings (SSSR count). The number of nitrogens with two attached hydrogens (primary N) is 2. The zero-order valence-electron chi connectivity index (χ0n) is 8.76. The molecule has 0 bridgehead atoms. The third-order valence-corrected chi connectivity index (χ3v) is 4.11. The van der Waals surface area contributed by atoms with Crippen LogP contribution in [-0.2, 0) is 6.42 Å². The molecule has 16 heavy (non-hydrogen) atoms. The summed E-state index contributed by atoms with van der Waals surface area (Å²) in [6, 6.07) is 2.16. The molecule has 0 spiro atoms. The van der Waals surface area contributed by atoms with E-state index in [0.29, 0.717) is 0 Å². The van der Waals surface area contributed by atoms with Crippen molar-refractivity contribution in [2.45, 2.75) is 25.2 Å². The quantitative estimate of drug-likeness (QED) is 0.725. The first-order valence-corrected chi connectivity index (χ1v) is 6.17. The number of anilines is 1. The second-order valence-electron chi connectivity index (χ2n) is 4.03. The van der Waals surface area contributed by atoms with E-state index in [1.165, 1.54) is 21.5 Å². The maximum absolute atomic E-state index is 5.83. The van der Waals surface area contributed by atoms with E-state index in [4.69, 9.17) is 11.6 Å². The van der Waals surface area contributed by atoms with E-state index in [1.807, 2.05) is 0 Å². The molecule has 0 fully saturated rings. The van der Waals surface area contributed by atoms with Crippen LogP contribution in [0, 0.1) is 0 Å². The fraction of sp³-hybridized carbons (Fsp3) is 0.400. The molecule has 0 saturated carbocycles. The summed E-state index contributed by atoms with van der Waals surface area (Å²) < 4.78 is 1.40. The molecule has 1 aliphatic carbocycles. The molecule has 4 N–H and O–H groups in total. The number of thiophene rings is 1. The summed E-state index contributed by atoms with van der Waals surface area (Å²) in [4.78, 5) is 1.44. The van der Waals surface area contributed by atoms with Crippen molar-refractivity contribution in [1.82, 2.24) is 14.9 Å². The number of aromatic nitrogens is 3. The van der Waals surface area contributed by atoms with Crippen LogP contribution in [0.25, 0.3) is 0 Å². The first kappa shape index (κ1) is 9.65. The molecular weight excluding hydrogens is 222 g/mol. The Morgan fingerprint density at radius 2 is 2.31 bits per heavy atom. The van der Waals surface area contributed by atoms with Gasteiger partial charge in [0.15, 0.2) is 5.82 Å². The van der Waals surface area contributed by atoms with Gasteiger partial charge in [-0.25, -0.2) is 4.68 Å². The highest BCUT2D eigenvalue weighted by molar-refractivity contribution is 7.10. The van der Waals surface area contributed by atoms with Gasteiger partial charge in [-0.3, -0.25) is 0 Å². The third-order valence-electron chi connectivity index (χ3n) is 3.11. The number of aryl methyl sites for hydroxylation is 1. The molecule has 84 valence electrons. The maximum Gasteiger partial charge on any atom is 0.240 e. The highest BCUT2D eigenvalue weighted by Crippen LogP contribution is 2.38. The monoisotopic (exact) mass is 235 g/mol. The van der Waals surface area contributed by atoms with E-state index in [-0.39, 0.29) is 11.9 Å². The average Bonchev–Trinajstić information content (AvgIpc) is 2.87. The van der Waals surface area contributed by atoms with Crippen LogP contribution in [0.15, 0.2) is 11.4 Å². The van der Waals surface area contributed by atoms with Crippen molar-refractivity contribution in [1.29, 1.82) is 0 Å². The van der Waals surface area contributed by atoms with Gasteiger partial charge in [-0.2, -0.15) is 0 Å². The van der Waals surface area contributed by atoms with Gasteiger partial charge in [0.2, 0.25) is 5.95 Å². The molecule has 0 radical (unpaired) electrons. The summed E-state index contributed by atoms with van der Waals surface area (Å²) in [5.41, 5.74) is 6.95. The number of hydrogen-bond acceptors (Lipinski definition) is 5. The Bertz CT molecular complexity index is 515. The third kappa shape index (κ3) is 1.30. The fourth-order valence-corrected chi connectivity index (χ4v) is 3.30. The molecule has 6 heteroatoms. The maximum atomic E-state index is 5.83. The topological polar surface area (TPSA) is 82.8 Å². The van der Waals surface area contributed by atoms with E-state index >= 15 is 0 Å². The van der Waals surface area contributed by atoms with E-state index in [9.17, 15) is 0 Å². The van der Waals surface area contributed by atoms with Gasteiger partial charge in [0.05, 0.1) is 0 Å². The van der Waals surface area contributed by atoms with E-state index in [1.54, 1.807) is 11.3 Å². The molecule has 2 aromatic rings. The van der Waals surface area contributed by atoms with E-state index in [0.717, 1.165) is 18.7 Å². The van der Waals surface area contributed by atoms with Crippen molar-refractivity contribution < 1.29 is 0 Å². The molecule has 5 nitrogen and oxygen atoms in total. The lowest BCUT2D eigenvalue weighted by Gasteiger charge is -2.21. The highest BCUT2D eigenvalue weighted by atomic mass is 32.1. The molecule has 0 aliphatic heterocycles. The molecule has 2 aromatic heterocycles. The Morgan fingerprint density at radius 1 is 1.44 bits per heavy atom. The first-order chi connectivity index (χ1) is 7.77. The number of hydrogen-bond donors (Lipinski definition) is 2. The van der Waals surface area contributed by atoms with Gasteiger partial charge in [-0.15, -0.1) is 21.5 Å². The second-order valence-corrected chi connectivity index (χ2v) is 5.03. The molecule has 1 aliphatic rings. The van der Waals surface area contributed by atoms with Gasteiger partial charge >= 0.3 is 0 Å². The zero-order chi connectivity index (χ0) is 11.1. The van der Waals surface area contributed by atoms with E-state index in [2.05, 4.69) is 21.6 Å². The van der Waals surface area contributed by atoms with Gasteiger partial charge in [-0.1, -0.05) is 0 Å². The van der Waals surface area contributed by atoms with Crippen molar-refractivity contribution >= 4 is 17.3 Å². The number of fused-ring (bicyclic) bond motifs is 1. The largest absolute Gasteiger partial charge is 0.366 e. The van der Waals surface area contributed by atoms with Crippen molar-refractivity contribution in [2.24, 2.45) is 0 Å². The molecule has 0 amide bonds. The normalized spacial score (nSPS) is 19.6. The van der Waals surface area contributed by atoms with Crippen LogP contribution in [0.4, 0.5) is 5.95 Å². The van der Waals surface area contributed by atoms with Gasteiger partial charge in [-0.05, 0) is 36.3 Å². The lowest BCUT2D eigenvalue weighted by atomic mass is 9.87. The SMILES string of the molecule is Nc1nnc(C2CCCc3sccc32)n1N. The van der Waals surface area contributed by atoms with Crippen LogP contribution in [0.3, 0.4) is 0 Å². The number of nitrogens with zero attached hydrogens (tertiary/aromatic N) is 3. The Labute approximate surface area is 97.1 Å². The van der Waals surface area contributed by atoms with Gasteiger partial charge in [0.1, 0.15) is 0 Å². The van der Waals surface area contributed by atoms with Gasteiger partial charge in [0.25, 0.3) is 0 Å². The van der Waals surface area contributed by atoms with E-state index < -0.39 is 0 Å². The van der Waals surface area contributed by atoms with Gasteiger partial charge in [0, 0.05) is 10.8 Å². The van der Waals surface area contributed by atoms with Crippen LogP contribution in [-0.4, -0.2) is 14.9 Å². The first-order valence-electron chi connectivity index (χ1n) is 5.29. The summed E-state index contributed by atoms with van der Waals surface area (Å²) >= 11 is 1.81. The van der Waals surface area contributed by atoms with Crippen LogP contribution < -0.4 is 11.6 Å². The second kappa shape index (κ2) is 3.48. The van der Waals surface area contributed by atoms with Crippen LogP contribution in [0.2, 0.25) is 0 Å². The molecule has 0 aromatic carbocycles. The summed E-state index contributed by atoms with van der Waals surface area (Å²) in [5, 5.41) is 10.0. The summed E-state index contributed by atoms with van der Waals surface area (Å²) in [5.74, 6) is 7.13. The van der Waals surface area contributed by atoms with Crippen LogP contribution in [0.5, 0.6) is 0 Å². The lowest BCUT2D eigenvalue weighted by molar-refractivity contribution is 0.585. The lowest BCUT2D eigenvalue weighted by Crippen LogP contribution is -2.20. The Balaban J connectivity index is 2.07. The van der Waals surface area contributed by atoms with Crippen molar-refractivity contribution in [2.75, 3.05) is 11.6 Å². The van der Waals surface area contributed by atoms with Gasteiger partial charge < -0.3 is 11.6 Å². The van der Waals surface area contributed by atoms with Crippen molar-refractivity contribution in [3.05, 3.63) is 27.7 Å². The Hall–Kier alpha value is -1.56.